The molecule has 3 rings (SSSR count). The summed E-state index contributed by atoms with van der Waals surface area (Å²) in [4.78, 5) is 12.5. The van der Waals surface area contributed by atoms with Crippen LogP contribution in [0.2, 0.25) is 5.02 Å². The number of nitrogens with one attached hydrogen (secondary N) is 1. The van der Waals surface area contributed by atoms with Gasteiger partial charge in [-0.15, -0.1) is 5.10 Å². The Labute approximate surface area is 136 Å². The van der Waals surface area contributed by atoms with Crippen molar-refractivity contribution < 1.29 is 9.53 Å². The molecule has 1 N–H and O–H groups in total. The quantitative estimate of drug-likeness (QED) is 0.795. The van der Waals surface area contributed by atoms with Gasteiger partial charge in [0.15, 0.2) is 0 Å². The fraction of sp³-hybridized carbons (Fsp3) is 0.0667. The minimum absolute atomic E-state index is 0.335. The fourth-order valence-electron chi connectivity index (χ4n) is 2.05. The lowest BCUT2D eigenvalue weighted by Gasteiger charge is -2.12. The van der Waals surface area contributed by atoms with Gasteiger partial charge in [0.05, 0.1) is 29.1 Å². The molecular formula is C15H12ClN5O2. The minimum atomic E-state index is -0.335. The van der Waals surface area contributed by atoms with E-state index in [0.29, 0.717) is 27.7 Å². The summed E-state index contributed by atoms with van der Waals surface area (Å²) in [5, 5.41) is 14.2. The second kappa shape index (κ2) is 6.45. The summed E-state index contributed by atoms with van der Waals surface area (Å²) in [5.41, 5.74) is 1.48. The summed E-state index contributed by atoms with van der Waals surface area (Å²) in [7, 11) is 1.55. The van der Waals surface area contributed by atoms with Crippen LogP contribution >= 0.6 is 11.6 Å². The van der Waals surface area contributed by atoms with E-state index in [0.717, 1.165) is 0 Å². The van der Waals surface area contributed by atoms with Gasteiger partial charge >= 0.3 is 0 Å². The first-order chi connectivity index (χ1) is 11.2. The van der Waals surface area contributed by atoms with Crippen LogP contribution in [0, 0.1) is 0 Å². The summed E-state index contributed by atoms with van der Waals surface area (Å²) >= 11 is 6.06. The summed E-state index contributed by atoms with van der Waals surface area (Å²) < 4.78 is 6.65. The Morgan fingerprint density at radius 2 is 2.09 bits per heavy atom. The molecule has 116 valence electrons. The van der Waals surface area contributed by atoms with Gasteiger partial charge < -0.3 is 10.1 Å². The predicted octanol–water partition coefficient (Wildman–Crippen LogP) is 2.58. The maximum atomic E-state index is 12.5. The molecule has 8 heteroatoms. The zero-order chi connectivity index (χ0) is 16.2. The smallest absolute Gasteiger partial charge is 0.257 e. The highest BCUT2D eigenvalue weighted by molar-refractivity contribution is 6.34. The Morgan fingerprint density at radius 1 is 1.26 bits per heavy atom. The van der Waals surface area contributed by atoms with E-state index in [1.807, 2.05) is 0 Å². The van der Waals surface area contributed by atoms with E-state index < -0.39 is 0 Å². The van der Waals surface area contributed by atoms with E-state index in [1.165, 1.54) is 11.0 Å². The van der Waals surface area contributed by atoms with Crippen molar-refractivity contribution in [2.75, 3.05) is 12.4 Å². The Bertz CT molecular complexity index is 836. The van der Waals surface area contributed by atoms with Gasteiger partial charge in [-0.05, 0) is 34.7 Å². The third-order valence-electron chi connectivity index (χ3n) is 3.17. The fourth-order valence-corrected chi connectivity index (χ4v) is 2.27. The largest absolute Gasteiger partial charge is 0.497 e. The van der Waals surface area contributed by atoms with E-state index in [1.54, 1.807) is 49.6 Å². The molecule has 1 aromatic heterocycles. The zero-order valence-corrected chi connectivity index (χ0v) is 12.9. The van der Waals surface area contributed by atoms with E-state index in [9.17, 15) is 4.79 Å². The van der Waals surface area contributed by atoms with Gasteiger partial charge in [0, 0.05) is 6.07 Å². The first-order valence-corrected chi connectivity index (χ1v) is 7.04. The number of methoxy groups -OCH3 is 1. The first kappa shape index (κ1) is 15.0. The number of hydrogen-bond donors (Lipinski definition) is 1. The number of hydrogen-bond acceptors (Lipinski definition) is 5. The molecule has 0 aliphatic carbocycles. The standard InChI is InChI=1S/C15H12ClN5O2/c1-23-10-6-7-14(21-9-17-19-20-21)13(8-10)18-15(22)11-4-2-3-5-12(11)16/h2-9H,1H3,(H,18,22). The van der Waals surface area contributed by atoms with Crippen LogP contribution in [0.1, 0.15) is 10.4 Å². The minimum Gasteiger partial charge on any atom is -0.497 e. The molecule has 0 saturated carbocycles. The van der Waals surface area contributed by atoms with Crippen molar-refractivity contribution in [3.05, 3.63) is 59.4 Å². The van der Waals surface area contributed by atoms with Crippen LogP contribution in [0.4, 0.5) is 5.69 Å². The van der Waals surface area contributed by atoms with Gasteiger partial charge in [0.25, 0.3) is 5.91 Å². The van der Waals surface area contributed by atoms with Crippen molar-refractivity contribution in [2.24, 2.45) is 0 Å². The summed E-state index contributed by atoms with van der Waals surface area (Å²) in [6, 6.07) is 12.0. The second-order valence-electron chi connectivity index (χ2n) is 4.57. The van der Waals surface area contributed by atoms with E-state index in [2.05, 4.69) is 20.8 Å². The SMILES string of the molecule is COc1ccc(-n2cnnn2)c(NC(=O)c2ccccc2Cl)c1. The van der Waals surface area contributed by atoms with Crippen LogP contribution in [0.3, 0.4) is 0 Å². The molecule has 0 radical (unpaired) electrons. The van der Waals surface area contributed by atoms with Crippen LogP contribution in [0.5, 0.6) is 5.75 Å². The van der Waals surface area contributed by atoms with Crippen LogP contribution in [0.25, 0.3) is 5.69 Å². The van der Waals surface area contributed by atoms with Crippen molar-refractivity contribution in [2.45, 2.75) is 0 Å². The Balaban J connectivity index is 1.98. The van der Waals surface area contributed by atoms with Crippen LogP contribution in [-0.4, -0.2) is 33.2 Å². The molecule has 0 aliphatic rings. The van der Waals surface area contributed by atoms with Gasteiger partial charge in [0.1, 0.15) is 12.1 Å². The highest BCUT2D eigenvalue weighted by Gasteiger charge is 2.14. The van der Waals surface area contributed by atoms with E-state index in [4.69, 9.17) is 16.3 Å². The second-order valence-corrected chi connectivity index (χ2v) is 4.98. The molecule has 1 amide bonds. The molecule has 0 spiro atoms. The van der Waals surface area contributed by atoms with Gasteiger partial charge in [0.2, 0.25) is 0 Å². The number of benzene rings is 2. The number of carbonyl (C=O) groups is 1. The summed E-state index contributed by atoms with van der Waals surface area (Å²) in [6.45, 7) is 0. The summed E-state index contributed by atoms with van der Waals surface area (Å²) in [5.74, 6) is 0.259. The van der Waals surface area contributed by atoms with Gasteiger partial charge in [-0.3, -0.25) is 4.79 Å². The first-order valence-electron chi connectivity index (χ1n) is 6.66. The lowest BCUT2D eigenvalue weighted by atomic mass is 10.2. The number of amides is 1. The third-order valence-corrected chi connectivity index (χ3v) is 3.50. The maximum Gasteiger partial charge on any atom is 0.257 e. The van der Waals surface area contributed by atoms with Gasteiger partial charge in [-0.25, -0.2) is 0 Å². The molecule has 3 aromatic rings. The van der Waals surface area contributed by atoms with Crippen LogP contribution in [0.15, 0.2) is 48.8 Å². The topological polar surface area (TPSA) is 81.9 Å². The number of nitrogens with zero attached hydrogens (tertiary/aromatic N) is 4. The number of anilines is 1. The molecule has 0 fully saturated rings. The molecular weight excluding hydrogens is 318 g/mol. The molecule has 0 saturated heterocycles. The van der Waals surface area contributed by atoms with Crippen molar-refractivity contribution >= 4 is 23.2 Å². The molecule has 0 aliphatic heterocycles. The maximum absolute atomic E-state index is 12.5. The van der Waals surface area contributed by atoms with Gasteiger partial charge in [-0.2, -0.15) is 4.68 Å². The van der Waals surface area contributed by atoms with Crippen molar-refractivity contribution in [3.8, 4) is 11.4 Å². The van der Waals surface area contributed by atoms with Crippen LogP contribution in [-0.2, 0) is 0 Å². The zero-order valence-electron chi connectivity index (χ0n) is 12.1. The van der Waals surface area contributed by atoms with Crippen molar-refractivity contribution in [1.29, 1.82) is 0 Å². The predicted molar refractivity (Wildman–Crippen MR) is 85.1 cm³/mol. The van der Waals surface area contributed by atoms with E-state index in [-0.39, 0.29) is 5.91 Å². The molecule has 2 aromatic carbocycles. The molecule has 0 bridgehead atoms. The average Bonchev–Trinajstić information content (AvgIpc) is 3.09. The lowest BCUT2D eigenvalue weighted by molar-refractivity contribution is 0.102. The summed E-state index contributed by atoms with van der Waals surface area (Å²) in [6.07, 6.45) is 1.44. The number of ether oxygens (including phenoxy) is 1. The Morgan fingerprint density at radius 3 is 2.78 bits per heavy atom. The highest BCUT2D eigenvalue weighted by atomic mass is 35.5. The number of rotatable bonds is 4. The highest BCUT2D eigenvalue weighted by Crippen LogP contribution is 2.26. The molecule has 7 nitrogen and oxygen atoms in total. The van der Waals surface area contributed by atoms with Crippen molar-refractivity contribution in [1.82, 2.24) is 20.2 Å². The third kappa shape index (κ3) is 3.14. The molecule has 23 heavy (non-hydrogen) atoms. The number of carbonyl (C=O) groups excluding carboxylic acids is 1. The molecule has 0 unspecified atom stereocenters. The normalized spacial score (nSPS) is 10.3. The average molecular weight is 330 g/mol. The van der Waals surface area contributed by atoms with E-state index >= 15 is 0 Å². The molecule has 0 atom stereocenters. The van der Waals surface area contributed by atoms with Gasteiger partial charge in [-0.1, -0.05) is 23.7 Å². The van der Waals surface area contributed by atoms with Crippen molar-refractivity contribution in [3.63, 3.8) is 0 Å². The molecule has 1 heterocycles. The monoisotopic (exact) mass is 329 g/mol. The van der Waals surface area contributed by atoms with Crippen LogP contribution < -0.4 is 10.1 Å². The number of tetrazole rings is 1. The number of halogens is 1. The Hall–Kier alpha value is -2.93. The number of aromatic nitrogens is 4. The lowest BCUT2D eigenvalue weighted by Crippen LogP contribution is -2.14. The Kier molecular flexibility index (Phi) is 4.20.